The van der Waals surface area contributed by atoms with E-state index in [1.165, 1.54) is 6.08 Å². The second-order valence-corrected chi connectivity index (χ2v) is 3.88. The molecule has 1 aliphatic rings. The molecule has 1 amide bonds. The van der Waals surface area contributed by atoms with Crippen LogP contribution < -0.4 is 0 Å². The van der Waals surface area contributed by atoms with Crippen molar-refractivity contribution in [2.75, 3.05) is 26.3 Å². The molecule has 0 aromatic rings. The summed E-state index contributed by atoms with van der Waals surface area (Å²) in [5, 5.41) is 0. The van der Waals surface area contributed by atoms with Gasteiger partial charge in [0, 0.05) is 13.1 Å². The van der Waals surface area contributed by atoms with Crippen LogP contribution in [0.4, 0.5) is 4.79 Å². The van der Waals surface area contributed by atoms with Gasteiger partial charge in [-0.1, -0.05) is 12.7 Å². The Labute approximate surface area is 101 Å². The van der Waals surface area contributed by atoms with Crippen LogP contribution in [0.3, 0.4) is 0 Å². The summed E-state index contributed by atoms with van der Waals surface area (Å²) in [6, 6.07) is 0. The smallest absolute Gasteiger partial charge is 0.410 e. The predicted octanol–water partition coefficient (Wildman–Crippen LogP) is 1.58. The van der Waals surface area contributed by atoms with Crippen molar-refractivity contribution < 1.29 is 19.1 Å². The fourth-order valence-electron chi connectivity index (χ4n) is 1.78. The number of piperidine rings is 1. The number of hydrogen-bond acceptors (Lipinski definition) is 4. The van der Waals surface area contributed by atoms with Crippen LogP contribution in [0.15, 0.2) is 12.7 Å². The highest BCUT2D eigenvalue weighted by atomic mass is 16.6. The molecule has 0 bridgehead atoms. The van der Waals surface area contributed by atoms with Crippen LogP contribution in [0.5, 0.6) is 0 Å². The van der Waals surface area contributed by atoms with E-state index in [0.29, 0.717) is 32.5 Å². The second kappa shape index (κ2) is 6.93. The molecule has 5 nitrogen and oxygen atoms in total. The third-order valence-corrected chi connectivity index (χ3v) is 2.70. The predicted molar refractivity (Wildman–Crippen MR) is 62.5 cm³/mol. The van der Waals surface area contributed by atoms with E-state index in [2.05, 4.69) is 6.58 Å². The number of amides is 1. The minimum absolute atomic E-state index is 0.0848. The van der Waals surface area contributed by atoms with E-state index in [1.54, 1.807) is 11.8 Å². The molecule has 0 spiro atoms. The van der Waals surface area contributed by atoms with Gasteiger partial charge in [-0.2, -0.15) is 0 Å². The van der Waals surface area contributed by atoms with Crippen LogP contribution in [-0.4, -0.2) is 43.3 Å². The highest BCUT2D eigenvalue weighted by Gasteiger charge is 2.28. The highest BCUT2D eigenvalue weighted by Crippen LogP contribution is 2.19. The molecule has 0 aliphatic carbocycles. The van der Waals surface area contributed by atoms with E-state index < -0.39 is 0 Å². The Bertz CT molecular complexity index is 282. The molecule has 0 N–H and O–H groups in total. The van der Waals surface area contributed by atoms with Gasteiger partial charge in [0.25, 0.3) is 0 Å². The fraction of sp³-hybridized carbons (Fsp3) is 0.667. The largest absolute Gasteiger partial charge is 0.466 e. The Morgan fingerprint density at radius 2 is 2.00 bits per heavy atom. The number of rotatable bonds is 4. The van der Waals surface area contributed by atoms with Crippen molar-refractivity contribution in [1.29, 1.82) is 0 Å². The van der Waals surface area contributed by atoms with Gasteiger partial charge in [0.05, 0.1) is 12.5 Å². The standard InChI is InChI=1S/C12H19NO4/c1-3-9-17-12(15)13-7-5-10(6-8-13)11(14)16-4-2/h3,10H,1,4-9H2,2H3. The molecule has 96 valence electrons. The molecule has 17 heavy (non-hydrogen) atoms. The molecule has 0 unspecified atom stereocenters. The number of carbonyl (C=O) groups is 2. The summed E-state index contributed by atoms with van der Waals surface area (Å²) in [7, 11) is 0. The number of carbonyl (C=O) groups excluding carboxylic acids is 2. The van der Waals surface area contributed by atoms with Gasteiger partial charge in [0.1, 0.15) is 6.61 Å². The van der Waals surface area contributed by atoms with Gasteiger partial charge < -0.3 is 14.4 Å². The van der Waals surface area contributed by atoms with E-state index in [0.717, 1.165) is 0 Å². The summed E-state index contributed by atoms with van der Waals surface area (Å²) < 4.78 is 9.88. The van der Waals surface area contributed by atoms with E-state index in [1.807, 2.05) is 0 Å². The Morgan fingerprint density at radius 1 is 1.35 bits per heavy atom. The quantitative estimate of drug-likeness (QED) is 0.554. The maximum absolute atomic E-state index is 11.5. The number of esters is 1. The van der Waals surface area contributed by atoms with E-state index in [-0.39, 0.29) is 24.6 Å². The number of likely N-dealkylation sites (tertiary alicyclic amines) is 1. The number of ether oxygens (including phenoxy) is 2. The molecular formula is C12H19NO4. The van der Waals surface area contributed by atoms with Gasteiger partial charge in [-0.15, -0.1) is 0 Å². The molecular weight excluding hydrogens is 222 g/mol. The van der Waals surface area contributed by atoms with E-state index in [9.17, 15) is 9.59 Å². The van der Waals surface area contributed by atoms with Gasteiger partial charge in [-0.3, -0.25) is 4.79 Å². The third kappa shape index (κ3) is 4.09. The lowest BCUT2D eigenvalue weighted by Crippen LogP contribution is -2.40. The molecule has 0 aromatic heterocycles. The Kier molecular flexibility index (Phi) is 5.52. The first-order chi connectivity index (χ1) is 8.19. The summed E-state index contributed by atoms with van der Waals surface area (Å²) in [5.74, 6) is -0.245. The van der Waals surface area contributed by atoms with Crippen molar-refractivity contribution >= 4 is 12.1 Å². The maximum atomic E-state index is 11.5. The summed E-state index contributed by atoms with van der Waals surface area (Å²) in [4.78, 5) is 24.6. The third-order valence-electron chi connectivity index (χ3n) is 2.70. The molecule has 5 heteroatoms. The first-order valence-corrected chi connectivity index (χ1v) is 5.88. The molecule has 1 rings (SSSR count). The van der Waals surface area contributed by atoms with Crippen molar-refractivity contribution in [2.45, 2.75) is 19.8 Å². The molecule has 1 heterocycles. The summed E-state index contributed by atoms with van der Waals surface area (Å²) in [5.41, 5.74) is 0. The average Bonchev–Trinajstić information content (AvgIpc) is 2.36. The van der Waals surface area contributed by atoms with Crippen LogP contribution in [0.25, 0.3) is 0 Å². The van der Waals surface area contributed by atoms with Crippen LogP contribution >= 0.6 is 0 Å². The molecule has 0 saturated carbocycles. The first kappa shape index (κ1) is 13.5. The first-order valence-electron chi connectivity index (χ1n) is 5.88. The Hall–Kier alpha value is -1.52. The van der Waals surface area contributed by atoms with Crippen molar-refractivity contribution in [2.24, 2.45) is 5.92 Å². The van der Waals surface area contributed by atoms with E-state index >= 15 is 0 Å². The van der Waals surface area contributed by atoms with Crippen molar-refractivity contribution in [3.63, 3.8) is 0 Å². The average molecular weight is 241 g/mol. The second-order valence-electron chi connectivity index (χ2n) is 3.88. The van der Waals surface area contributed by atoms with Gasteiger partial charge in [-0.05, 0) is 19.8 Å². The zero-order valence-electron chi connectivity index (χ0n) is 10.2. The molecule has 0 atom stereocenters. The summed E-state index contributed by atoms with van der Waals surface area (Å²) in [6.07, 6.45) is 2.47. The van der Waals surface area contributed by atoms with Crippen molar-refractivity contribution in [1.82, 2.24) is 4.90 Å². The lowest BCUT2D eigenvalue weighted by molar-refractivity contribution is -0.149. The number of hydrogen-bond donors (Lipinski definition) is 0. The molecule has 0 radical (unpaired) electrons. The van der Waals surface area contributed by atoms with Crippen LogP contribution in [-0.2, 0) is 14.3 Å². The molecule has 1 aliphatic heterocycles. The Balaban J connectivity index is 2.32. The summed E-state index contributed by atoms with van der Waals surface area (Å²) in [6.45, 7) is 6.97. The van der Waals surface area contributed by atoms with E-state index in [4.69, 9.17) is 9.47 Å². The summed E-state index contributed by atoms with van der Waals surface area (Å²) >= 11 is 0. The van der Waals surface area contributed by atoms with Gasteiger partial charge in [0.15, 0.2) is 0 Å². The molecule has 1 fully saturated rings. The van der Waals surface area contributed by atoms with Gasteiger partial charge in [-0.25, -0.2) is 4.79 Å². The van der Waals surface area contributed by atoms with Crippen LogP contribution in [0.2, 0.25) is 0 Å². The maximum Gasteiger partial charge on any atom is 0.410 e. The number of nitrogens with zero attached hydrogens (tertiary/aromatic N) is 1. The van der Waals surface area contributed by atoms with Crippen LogP contribution in [0.1, 0.15) is 19.8 Å². The molecule has 0 aromatic carbocycles. The lowest BCUT2D eigenvalue weighted by atomic mass is 9.97. The van der Waals surface area contributed by atoms with Gasteiger partial charge in [0.2, 0.25) is 0 Å². The topological polar surface area (TPSA) is 55.8 Å². The minimum Gasteiger partial charge on any atom is -0.466 e. The Morgan fingerprint density at radius 3 is 2.53 bits per heavy atom. The highest BCUT2D eigenvalue weighted by molar-refractivity contribution is 5.73. The van der Waals surface area contributed by atoms with Crippen LogP contribution in [0, 0.1) is 5.92 Å². The SMILES string of the molecule is C=CCOC(=O)N1CCC(C(=O)OCC)CC1. The zero-order valence-corrected chi connectivity index (χ0v) is 10.2. The van der Waals surface area contributed by atoms with Gasteiger partial charge >= 0.3 is 12.1 Å². The monoisotopic (exact) mass is 241 g/mol. The van der Waals surface area contributed by atoms with Crippen molar-refractivity contribution in [3.8, 4) is 0 Å². The minimum atomic E-state index is -0.341. The molecule has 1 saturated heterocycles. The fourth-order valence-corrected chi connectivity index (χ4v) is 1.78. The van der Waals surface area contributed by atoms with Crippen molar-refractivity contribution in [3.05, 3.63) is 12.7 Å². The normalized spacial score (nSPS) is 16.4. The lowest BCUT2D eigenvalue weighted by Gasteiger charge is -2.29. The zero-order chi connectivity index (χ0) is 12.7.